The summed E-state index contributed by atoms with van der Waals surface area (Å²) >= 11 is 0. The maximum Gasteiger partial charge on any atom is 0.267 e. The number of rotatable bonds is 4. The van der Waals surface area contributed by atoms with Crippen molar-refractivity contribution in [3.63, 3.8) is 0 Å². The van der Waals surface area contributed by atoms with Crippen molar-refractivity contribution < 1.29 is 4.74 Å². The highest BCUT2D eigenvalue weighted by molar-refractivity contribution is 5.56. The van der Waals surface area contributed by atoms with Gasteiger partial charge < -0.3 is 10.1 Å². The Kier molecular flexibility index (Phi) is 4.28. The number of nitrogens with one attached hydrogen (secondary N) is 1. The lowest BCUT2D eigenvalue weighted by molar-refractivity contribution is 0.183. The van der Waals surface area contributed by atoms with Gasteiger partial charge in [-0.1, -0.05) is 0 Å². The summed E-state index contributed by atoms with van der Waals surface area (Å²) in [4.78, 5) is 21.2. The predicted octanol–water partition coefficient (Wildman–Crippen LogP) is 1.71. The van der Waals surface area contributed by atoms with E-state index in [1.54, 1.807) is 29.2 Å². The molecule has 4 aromatic heterocycles. The third-order valence-corrected chi connectivity index (χ3v) is 4.97. The highest BCUT2D eigenvalue weighted by atomic mass is 16.5. The molecule has 5 rings (SSSR count). The van der Waals surface area contributed by atoms with Gasteiger partial charge in [-0.3, -0.25) is 9.78 Å². The standard InChI is InChI=1S/C20H19N7O2/c1-13-9-19(27-18(23-13)6-8-22-27)24-16-11-29-12-17(16)26-20(28)5-4-15(25-26)14-3-2-7-21-10-14/h2-10,16-17,24H,11-12H2,1H3. The molecule has 0 radical (unpaired) electrons. The molecule has 0 bridgehead atoms. The van der Waals surface area contributed by atoms with Crippen LogP contribution >= 0.6 is 0 Å². The summed E-state index contributed by atoms with van der Waals surface area (Å²) in [5.74, 6) is 0.800. The van der Waals surface area contributed by atoms with Gasteiger partial charge in [0.15, 0.2) is 5.65 Å². The molecule has 2 atom stereocenters. The van der Waals surface area contributed by atoms with Crippen LogP contribution in [-0.2, 0) is 4.74 Å². The number of aryl methyl sites for hydroxylation is 1. The topological polar surface area (TPSA) is 99.2 Å². The molecular weight excluding hydrogens is 370 g/mol. The minimum atomic E-state index is -0.252. The van der Waals surface area contributed by atoms with Crippen LogP contribution in [0.4, 0.5) is 5.82 Å². The van der Waals surface area contributed by atoms with Gasteiger partial charge in [-0.15, -0.1) is 0 Å². The molecule has 1 aliphatic rings. The summed E-state index contributed by atoms with van der Waals surface area (Å²) in [5, 5.41) is 12.4. The van der Waals surface area contributed by atoms with Gasteiger partial charge in [-0.05, 0) is 25.1 Å². The Morgan fingerprint density at radius 3 is 2.97 bits per heavy atom. The van der Waals surface area contributed by atoms with Gasteiger partial charge in [-0.2, -0.15) is 14.7 Å². The van der Waals surface area contributed by atoms with Gasteiger partial charge in [0.25, 0.3) is 5.56 Å². The highest BCUT2D eigenvalue weighted by Crippen LogP contribution is 2.23. The SMILES string of the molecule is Cc1cc(NC2COCC2n2nc(-c3cccnc3)ccc2=O)n2nccc2n1. The molecule has 0 amide bonds. The lowest BCUT2D eigenvalue weighted by atomic mass is 10.1. The van der Waals surface area contributed by atoms with Crippen molar-refractivity contribution in [2.24, 2.45) is 0 Å². The summed E-state index contributed by atoms with van der Waals surface area (Å²) in [7, 11) is 0. The van der Waals surface area contributed by atoms with E-state index in [0.29, 0.717) is 18.9 Å². The van der Waals surface area contributed by atoms with Gasteiger partial charge >= 0.3 is 0 Å². The number of hydrogen-bond acceptors (Lipinski definition) is 7. The van der Waals surface area contributed by atoms with Crippen molar-refractivity contribution in [2.45, 2.75) is 19.0 Å². The summed E-state index contributed by atoms with van der Waals surface area (Å²) in [5.41, 5.74) is 3.02. The van der Waals surface area contributed by atoms with Gasteiger partial charge in [0.1, 0.15) is 11.9 Å². The second-order valence-electron chi connectivity index (χ2n) is 6.98. The number of aromatic nitrogens is 6. The first kappa shape index (κ1) is 17.5. The molecule has 0 aliphatic carbocycles. The molecule has 1 aliphatic heterocycles. The quantitative estimate of drug-likeness (QED) is 0.567. The van der Waals surface area contributed by atoms with E-state index in [0.717, 1.165) is 22.7 Å². The lowest BCUT2D eigenvalue weighted by Gasteiger charge is -2.22. The van der Waals surface area contributed by atoms with E-state index in [2.05, 4.69) is 25.5 Å². The average molecular weight is 389 g/mol. The fourth-order valence-corrected chi connectivity index (χ4v) is 3.58. The Morgan fingerprint density at radius 1 is 1.17 bits per heavy atom. The van der Waals surface area contributed by atoms with E-state index in [1.807, 2.05) is 31.2 Å². The average Bonchev–Trinajstić information content (AvgIpc) is 3.38. The third-order valence-electron chi connectivity index (χ3n) is 4.97. The molecule has 0 aromatic carbocycles. The Hall–Kier alpha value is -3.59. The van der Waals surface area contributed by atoms with Crippen LogP contribution in [0.15, 0.2) is 59.8 Å². The Bertz CT molecular complexity index is 1220. The predicted molar refractivity (Wildman–Crippen MR) is 107 cm³/mol. The van der Waals surface area contributed by atoms with Crippen LogP contribution in [0, 0.1) is 6.92 Å². The molecule has 146 valence electrons. The van der Waals surface area contributed by atoms with E-state index in [-0.39, 0.29) is 17.6 Å². The number of pyridine rings is 1. The molecule has 9 heteroatoms. The molecule has 0 spiro atoms. The number of anilines is 1. The zero-order valence-electron chi connectivity index (χ0n) is 15.8. The summed E-state index contributed by atoms with van der Waals surface area (Å²) in [6.45, 7) is 2.79. The van der Waals surface area contributed by atoms with Crippen LogP contribution in [0.1, 0.15) is 11.7 Å². The normalized spacial score (nSPS) is 18.9. The van der Waals surface area contributed by atoms with Crippen molar-refractivity contribution in [2.75, 3.05) is 18.5 Å². The van der Waals surface area contributed by atoms with Crippen LogP contribution in [0.2, 0.25) is 0 Å². The van der Waals surface area contributed by atoms with Crippen LogP contribution in [0.5, 0.6) is 0 Å². The first-order valence-corrected chi connectivity index (χ1v) is 9.35. The molecule has 5 heterocycles. The summed E-state index contributed by atoms with van der Waals surface area (Å²) < 4.78 is 8.94. The van der Waals surface area contributed by atoms with Crippen LogP contribution < -0.4 is 10.9 Å². The number of nitrogens with zero attached hydrogens (tertiary/aromatic N) is 6. The minimum Gasteiger partial charge on any atom is -0.377 e. The molecule has 1 N–H and O–H groups in total. The van der Waals surface area contributed by atoms with Crippen molar-refractivity contribution in [1.82, 2.24) is 29.4 Å². The number of ether oxygens (including phenoxy) is 1. The highest BCUT2D eigenvalue weighted by Gasteiger charge is 2.32. The molecule has 1 saturated heterocycles. The second kappa shape index (κ2) is 7.10. The monoisotopic (exact) mass is 389 g/mol. The van der Waals surface area contributed by atoms with E-state index >= 15 is 0 Å². The zero-order chi connectivity index (χ0) is 19.8. The molecule has 1 fully saturated rings. The maximum absolute atomic E-state index is 12.6. The fraction of sp³-hybridized carbons (Fsp3) is 0.250. The van der Waals surface area contributed by atoms with Gasteiger partial charge in [0, 0.05) is 41.9 Å². The van der Waals surface area contributed by atoms with Crippen molar-refractivity contribution in [3.05, 3.63) is 71.0 Å². The summed E-state index contributed by atoms with van der Waals surface area (Å²) in [6, 6.07) is 10.4. The lowest BCUT2D eigenvalue weighted by Crippen LogP contribution is -2.37. The first-order chi connectivity index (χ1) is 14.2. The van der Waals surface area contributed by atoms with Gasteiger partial charge in [0.05, 0.1) is 31.1 Å². The largest absolute Gasteiger partial charge is 0.377 e. The van der Waals surface area contributed by atoms with Crippen molar-refractivity contribution >= 4 is 11.5 Å². The van der Waals surface area contributed by atoms with E-state index in [9.17, 15) is 4.79 Å². The van der Waals surface area contributed by atoms with E-state index in [1.165, 1.54) is 10.7 Å². The number of fused-ring (bicyclic) bond motifs is 1. The molecule has 29 heavy (non-hydrogen) atoms. The van der Waals surface area contributed by atoms with Crippen molar-refractivity contribution in [3.8, 4) is 11.3 Å². The van der Waals surface area contributed by atoms with E-state index in [4.69, 9.17) is 4.74 Å². The zero-order valence-corrected chi connectivity index (χ0v) is 15.8. The second-order valence-corrected chi connectivity index (χ2v) is 6.98. The summed E-state index contributed by atoms with van der Waals surface area (Å²) in [6.07, 6.45) is 5.14. The van der Waals surface area contributed by atoms with Crippen LogP contribution in [-0.4, -0.2) is 48.6 Å². The third kappa shape index (κ3) is 3.25. The molecule has 0 saturated carbocycles. The molecular formula is C20H19N7O2. The smallest absolute Gasteiger partial charge is 0.267 e. The number of hydrogen-bond donors (Lipinski definition) is 1. The Labute approximate surface area is 166 Å². The van der Waals surface area contributed by atoms with Crippen LogP contribution in [0.3, 0.4) is 0 Å². The Morgan fingerprint density at radius 2 is 2.10 bits per heavy atom. The van der Waals surface area contributed by atoms with Crippen LogP contribution in [0.25, 0.3) is 16.9 Å². The molecule has 4 aromatic rings. The fourth-order valence-electron chi connectivity index (χ4n) is 3.58. The molecule has 9 nitrogen and oxygen atoms in total. The Balaban J connectivity index is 1.50. The van der Waals surface area contributed by atoms with E-state index < -0.39 is 0 Å². The van der Waals surface area contributed by atoms with Gasteiger partial charge in [0.2, 0.25) is 0 Å². The first-order valence-electron chi connectivity index (χ1n) is 9.35. The maximum atomic E-state index is 12.6. The van der Waals surface area contributed by atoms with Crippen molar-refractivity contribution in [1.29, 1.82) is 0 Å². The van der Waals surface area contributed by atoms with Gasteiger partial charge in [-0.25, -0.2) is 9.67 Å². The minimum absolute atomic E-state index is 0.140. The molecule has 2 unspecified atom stereocenters.